The first kappa shape index (κ1) is 21.0. The van der Waals surface area contributed by atoms with Crippen LogP contribution < -0.4 is 10.1 Å². The van der Waals surface area contributed by atoms with Gasteiger partial charge in [-0.25, -0.2) is 13.4 Å². The first-order chi connectivity index (χ1) is 14.4. The number of carbonyl (C=O) groups excluding carboxylic acids is 1. The maximum atomic E-state index is 12.9. The molecule has 0 saturated carbocycles. The number of nitrogens with zero attached hydrogens (tertiary/aromatic N) is 2. The average Bonchev–Trinajstić information content (AvgIpc) is 3.48. The molecule has 1 N–H and O–H groups in total. The van der Waals surface area contributed by atoms with E-state index >= 15 is 0 Å². The molecule has 0 bridgehead atoms. The van der Waals surface area contributed by atoms with Crippen molar-refractivity contribution >= 4 is 43.7 Å². The largest absolute Gasteiger partial charge is 0.496 e. The van der Waals surface area contributed by atoms with Gasteiger partial charge in [0.25, 0.3) is 10.0 Å². The smallest absolute Gasteiger partial charge is 0.253 e. The number of thiophene rings is 1. The van der Waals surface area contributed by atoms with Crippen LogP contribution in [0.4, 0.5) is 5.13 Å². The number of hydrogen-bond donors (Lipinski definition) is 1. The number of nitrogens with one attached hydrogen (secondary N) is 1. The van der Waals surface area contributed by atoms with Crippen LogP contribution in [0.15, 0.2) is 45.3 Å². The van der Waals surface area contributed by atoms with Gasteiger partial charge >= 0.3 is 0 Å². The Morgan fingerprint density at radius 3 is 2.87 bits per heavy atom. The summed E-state index contributed by atoms with van der Waals surface area (Å²) in [5.74, 6) is 0.345. The number of hydrogen-bond acceptors (Lipinski definition) is 7. The molecule has 4 rings (SSSR count). The summed E-state index contributed by atoms with van der Waals surface area (Å²) in [5.41, 5.74) is 2.62. The number of aromatic nitrogens is 1. The molecule has 3 aromatic rings. The number of carbonyl (C=O) groups is 1. The Hall–Kier alpha value is -2.27. The van der Waals surface area contributed by atoms with Crippen molar-refractivity contribution < 1.29 is 17.9 Å². The van der Waals surface area contributed by atoms with Crippen LogP contribution >= 0.6 is 22.7 Å². The Morgan fingerprint density at radius 1 is 1.30 bits per heavy atom. The highest BCUT2D eigenvalue weighted by Crippen LogP contribution is 2.34. The van der Waals surface area contributed by atoms with Gasteiger partial charge in [-0.05, 0) is 43.3 Å². The van der Waals surface area contributed by atoms with E-state index in [4.69, 9.17) is 4.74 Å². The minimum absolute atomic E-state index is 0.255. The summed E-state index contributed by atoms with van der Waals surface area (Å²) in [7, 11) is -2.07. The number of anilines is 1. The molecule has 2 aromatic heterocycles. The number of amides is 1. The molecule has 0 aliphatic carbocycles. The van der Waals surface area contributed by atoms with Crippen LogP contribution in [0.25, 0.3) is 11.3 Å². The highest BCUT2D eigenvalue weighted by atomic mass is 32.2. The topological polar surface area (TPSA) is 88.6 Å². The summed E-state index contributed by atoms with van der Waals surface area (Å²) in [6.45, 7) is 2.32. The summed E-state index contributed by atoms with van der Waals surface area (Å²) in [5, 5.41) is 6.79. The van der Waals surface area contributed by atoms with Crippen LogP contribution in [-0.4, -0.2) is 43.3 Å². The SMILES string of the molecule is COc1ccc(C)cc1-c1csc(NC(=O)C2CCCN2S(=O)(=O)c2cccs2)n1. The molecular weight excluding hydrogens is 442 g/mol. The molecule has 0 radical (unpaired) electrons. The van der Waals surface area contributed by atoms with Crippen LogP contribution in [-0.2, 0) is 14.8 Å². The van der Waals surface area contributed by atoms with E-state index < -0.39 is 16.1 Å². The fourth-order valence-corrected chi connectivity index (χ4v) is 6.97. The molecule has 1 aromatic carbocycles. The molecule has 0 spiro atoms. The number of ether oxygens (including phenoxy) is 1. The molecule has 1 aliphatic rings. The third-order valence-corrected chi connectivity index (χ3v) is 8.97. The van der Waals surface area contributed by atoms with Crippen molar-refractivity contribution in [1.82, 2.24) is 9.29 Å². The summed E-state index contributed by atoms with van der Waals surface area (Å²) < 4.78 is 32.7. The number of methoxy groups -OCH3 is 1. The molecule has 1 amide bonds. The summed E-state index contributed by atoms with van der Waals surface area (Å²) in [6.07, 6.45) is 1.13. The monoisotopic (exact) mass is 463 g/mol. The predicted octanol–water partition coefficient (Wildman–Crippen LogP) is 3.98. The number of rotatable bonds is 6. The van der Waals surface area contributed by atoms with E-state index in [-0.39, 0.29) is 10.1 Å². The number of thiazole rings is 1. The minimum atomic E-state index is -3.68. The number of sulfonamides is 1. The lowest BCUT2D eigenvalue weighted by Crippen LogP contribution is -2.42. The second kappa shape index (κ2) is 8.46. The van der Waals surface area contributed by atoms with E-state index in [1.807, 2.05) is 30.5 Å². The second-order valence-corrected chi connectivity index (χ2v) is 10.9. The van der Waals surface area contributed by atoms with Crippen molar-refractivity contribution in [3.05, 3.63) is 46.7 Å². The van der Waals surface area contributed by atoms with Crippen LogP contribution in [0.2, 0.25) is 0 Å². The van der Waals surface area contributed by atoms with Crippen molar-refractivity contribution in [2.24, 2.45) is 0 Å². The second-order valence-electron chi connectivity index (χ2n) is 6.94. The van der Waals surface area contributed by atoms with Crippen molar-refractivity contribution in [2.75, 3.05) is 19.0 Å². The van der Waals surface area contributed by atoms with E-state index in [9.17, 15) is 13.2 Å². The van der Waals surface area contributed by atoms with Crippen molar-refractivity contribution in [3.63, 3.8) is 0 Å². The van der Waals surface area contributed by atoms with Gasteiger partial charge in [0.15, 0.2) is 5.13 Å². The zero-order valence-corrected chi connectivity index (χ0v) is 18.9. The summed E-state index contributed by atoms with van der Waals surface area (Å²) in [4.78, 5) is 17.4. The number of aryl methyl sites for hydroxylation is 1. The van der Waals surface area contributed by atoms with Crippen molar-refractivity contribution in [3.8, 4) is 17.0 Å². The molecule has 158 valence electrons. The lowest BCUT2D eigenvalue weighted by Gasteiger charge is -2.22. The molecule has 10 heteroatoms. The number of benzene rings is 1. The van der Waals surface area contributed by atoms with Gasteiger partial charge in [-0.3, -0.25) is 4.79 Å². The average molecular weight is 464 g/mol. The van der Waals surface area contributed by atoms with Crippen LogP contribution in [0.1, 0.15) is 18.4 Å². The lowest BCUT2D eigenvalue weighted by atomic mass is 10.1. The van der Waals surface area contributed by atoms with E-state index in [1.54, 1.807) is 24.6 Å². The van der Waals surface area contributed by atoms with Crippen LogP contribution in [0, 0.1) is 6.92 Å². The highest BCUT2D eigenvalue weighted by molar-refractivity contribution is 7.91. The molecule has 1 fully saturated rings. The predicted molar refractivity (Wildman–Crippen MR) is 119 cm³/mol. The normalized spacial score (nSPS) is 17.2. The Bertz CT molecular complexity index is 1160. The van der Waals surface area contributed by atoms with Gasteiger partial charge in [-0.15, -0.1) is 22.7 Å². The maximum Gasteiger partial charge on any atom is 0.253 e. The minimum Gasteiger partial charge on any atom is -0.496 e. The van der Waals surface area contributed by atoms with Gasteiger partial charge in [-0.2, -0.15) is 4.31 Å². The Balaban J connectivity index is 1.53. The summed E-state index contributed by atoms with van der Waals surface area (Å²) in [6, 6.07) is 8.34. The third kappa shape index (κ3) is 4.00. The summed E-state index contributed by atoms with van der Waals surface area (Å²) >= 11 is 2.46. The maximum absolute atomic E-state index is 12.9. The molecule has 1 saturated heterocycles. The standard InChI is InChI=1S/C20H21N3O4S3/c1-13-7-8-17(27-2)14(11-13)15-12-29-20(21-15)22-19(24)16-5-3-9-23(16)30(25,26)18-6-4-10-28-18/h4,6-8,10-12,16H,3,5,9H2,1-2H3,(H,21,22,24). The van der Waals surface area contributed by atoms with Gasteiger partial charge in [-0.1, -0.05) is 17.7 Å². The molecule has 7 nitrogen and oxygen atoms in total. The Labute approximate surface area is 183 Å². The van der Waals surface area contributed by atoms with E-state index in [1.165, 1.54) is 15.6 Å². The van der Waals surface area contributed by atoms with Gasteiger partial charge in [0.2, 0.25) is 5.91 Å². The first-order valence-corrected chi connectivity index (χ1v) is 12.6. The van der Waals surface area contributed by atoms with E-state index in [0.717, 1.165) is 22.5 Å². The Morgan fingerprint density at radius 2 is 2.13 bits per heavy atom. The fourth-order valence-electron chi connectivity index (χ4n) is 3.48. The zero-order chi connectivity index (χ0) is 21.3. The van der Waals surface area contributed by atoms with Gasteiger partial charge in [0.1, 0.15) is 16.0 Å². The van der Waals surface area contributed by atoms with Crippen LogP contribution in [0.5, 0.6) is 5.75 Å². The molecule has 1 atom stereocenters. The van der Waals surface area contributed by atoms with Gasteiger partial charge < -0.3 is 10.1 Å². The lowest BCUT2D eigenvalue weighted by molar-refractivity contribution is -0.119. The highest BCUT2D eigenvalue weighted by Gasteiger charge is 2.40. The molecule has 30 heavy (non-hydrogen) atoms. The van der Waals surface area contributed by atoms with E-state index in [0.29, 0.717) is 36.0 Å². The molecule has 3 heterocycles. The molecule has 1 unspecified atom stereocenters. The third-order valence-electron chi connectivity index (χ3n) is 4.93. The van der Waals surface area contributed by atoms with Gasteiger partial charge in [0.05, 0.1) is 12.8 Å². The van der Waals surface area contributed by atoms with Crippen molar-refractivity contribution in [2.45, 2.75) is 30.0 Å². The van der Waals surface area contributed by atoms with E-state index in [2.05, 4.69) is 10.3 Å². The van der Waals surface area contributed by atoms with Crippen molar-refractivity contribution in [1.29, 1.82) is 0 Å². The fraction of sp³-hybridized carbons (Fsp3) is 0.300. The molecule has 1 aliphatic heterocycles. The first-order valence-electron chi connectivity index (χ1n) is 9.37. The van der Waals surface area contributed by atoms with Gasteiger partial charge in [0, 0.05) is 17.5 Å². The Kier molecular flexibility index (Phi) is 5.92. The van der Waals surface area contributed by atoms with Crippen LogP contribution in [0.3, 0.4) is 0 Å². The molecular formula is C20H21N3O4S3. The quantitative estimate of drug-likeness (QED) is 0.597. The zero-order valence-electron chi connectivity index (χ0n) is 16.5.